The van der Waals surface area contributed by atoms with Gasteiger partial charge in [-0.15, -0.1) is 0 Å². The van der Waals surface area contributed by atoms with E-state index in [-0.39, 0.29) is 13.2 Å². The van der Waals surface area contributed by atoms with Crippen molar-refractivity contribution in [2.75, 3.05) is 18.5 Å². The molecule has 0 bridgehead atoms. The zero-order valence-electron chi connectivity index (χ0n) is 12.2. The van der Waals surface area contributed by atoms with Gasteiger partial charge in [0.05, 0.1) is 6.54 Å². The number of hydrogen-bond donors (Lipinski definition) is 2. The molecule has 0 radical (unpaired) electrons. The van der Waals surface area contributed by atoms with E-state index in [0.717, 1.165) is 0 Å². The smallest absolute Gasteiger partial charge is 0.411 e. The van der Waals surface area contributed by atoms with Crippen molar-refractivity contribution in [3.8, 4) is 0 Å². The maximum atomic E-state index is 11.5. The molecule has 0 saturated carbocycles. The molecule has 0 spiro atoms. The lowest BCUT2D eigenvalue weighted by atomic mass is 10.2. The molecule has 116 valence electrons. The topological polar surface area (TPSA) is 76.7 Å². The summed E-state index contributed by atoms with van der Waals surface area (Å²) >= 11 is 5.73. The average Bonchev–Trinajstić information content (AvgIpc) is 2.35. The highest BCUT2D eigenvalue weighted by atomic mass is 35.5. The summed E-state index contributed by atoms with van der Waals surface area (Å²) in [7, 11) is 0. The fourth-order valence-corrected chi connectivity index (χ4v) is 1.42. The lowest BCUT2D eigenvalue weighted by molar-refractivity contribution is 0.0514. The summed E-state index contributed by atoms with van der Waals surface area (Å²) in [5.74, 6) is 0. The number of rotatable bonds is 4. The molecule has 0 fully saturated rings. The van der Waals surface area contributed by atoms with E-state index in [9.17, 15) is 9.59 Å². The van der Waals surface area contributed by atoms with Crippen LogP contribution in [-0.4, -0.2) is 30.9 Å². The molecule has 0 aliphatic heterocycles. The predicted octanol–water partition coefficient (Wildman–Crippen LogP) is 3.41. The third kappa shape index (κ3) is 8.04. The molecule has 0 unspecified atom stereocenters. The van der Waals surface area contributed by atoms with E-state index < -0.39 is 17.8 Å². The number of benzene rings is 1. The van der Waals surface area contributed by atoms with Gasteiger partial charge in [-0.3, -0.25) is 5.32 Å². The monoisotopic (exact) mass is 314 g/mol. The molecule has 2 N–H and O–H groups in total. The van der Waals surface area contributed by atoms with E-state index in [2.05, 4.69) is 10.6 Å². The second kappa shape index (κ2) is 7.73. The van der Waals surface area contributed by atoms with Gasteiger partial charge in [0.1, 0.15) is 12.2 Å². The van der Waals surface area contributed by atoms with Gasteiger partial charge in [-0.2, -0.15) is 0 Å². The molecule has 21 heavy (non-hydrogen) atoms. The van der Waals surface area contributed by atoms with Crippen molar-refractivity contribution < 1.29 is 19.1 Å². The van der Waals surface area contributed by atoms with Crippen molar-refractivity contribution in [3.05, 3.63) is 29.3 Å². The van der Waals surface area contributed by atoms with Crippen molar-refractivity contribution in [1.82, 2.24) is 5.32 Å². The Morgan fingerprint density at radius 2 is 1.76 bits per heavy atom. The van der Waals surface area contributed by atoms with Crippen LogP contribution in [0.3, 0.4) is 0 Å². The fraction of sp³-hybridized carbons (Fsp3) is 0.429. The number of carbonyl (C=O) groups is 2. The first-order chi connectivity index (χ1) is 9.76. The average molecular weight is 315 g/mol. The van der Waals surface area contributed by atoms with E-state index >= 15 is 0 Å². The molecule has 1 aromatic carbocycles. The Bertz CT molecular complexity index is 483. The van der Waals surface area contributed by atoms with Crippen LogP contribution >= 0.6 is 11.6 Å². The van der Waals surface area contributed by atoms with E-state index in [0.29, 0.717) is 10.7 Å². The van der Waals surface area contributed by atoms with Crippen molar-refractivity contribution in [2.45, 2.75) is 26.4 Å². The van der Waals surface area contributed by atoms with Crippen molar-refractivity contribution in [3.63, 3.8) is 0 Å². The van der Waals surface area contributed by atoms with Crippen LogP contribution in [0.25, 0.3) is 0 Å². The summed E-state index contributed by atoms with van der Waals surface area (Å²) < 4.78 is 9.94. The van der Waals surface area contributed by atoms with Crippen LogP contribution in [-0.2, 0) is 9.47 Å². The molecule has 1 aromatic rings. The first-order valence-electron chi connectivity index (χ1n) is 6.42. The number of hydrogen-bond acceptors (Lipinski definition) is 4. The molecular formula is C14H19ClN2O4. The third-order valence-electron chi connectivity index (χ3n) is 2.09. The quantitative estimate of drug-likeness (QED) is 0.835. The van der Waals surface area contributed by atoms with Crippen LogP contribution in [0.5, 0.6) is 0 Å². The minimum absolute atomic E-state index is 0.0403. The minimum atomic E-state index is -0.608. The molecule has 0 saturated heterocycles. The Hall–Kier alpha value is -1.95. The van der Waals surface area contributed by atoms with Gasteiger partial charge in [0.15, 0.2) is 0 Å². The molecule has 2 amide bonds. The van der Waals surface area contributed by atoms with Gasteiger partial charge in [0.2, 0.25) is 0 Å². The number of nitrogens with one attached hydrogen (secondary N) is 2. The number of ether oxygens (including phenoxy) is 2. The number of amides is 2. The van der Waals surface area contributed by atoms with Crippen LogP contribution in [0.2, 0.25) is 5.02 Å². The summed E-state index contributed by atoms with van der Waals surface area (Å²) in [6.07, 6.45) is -1.16. The molecule has 0 heterocycles. The van der Waals surface area contributed by atoms with Crippen LogP contribution in [0.1, 0.15) is 20.8 Å². The second-order valence-corrected chi connectivity index (χ2v) is 5.63. The summed E-state index contributed by atoms with van der Waals surface area (Å²) in [6.45, 7) is 5.51. The Balaban J connectivity index is 2.19. The van der Waals surface area contributed by atoms with Gasteiger partial charge in [0.25, 0.3) is 0 Å². The summed E-state index contributed by atoms with van der Waals surface area (Å²) in [5.41, 5.74) is 0.0150. The zero-order valence-corrected chi connectivity index (χ0v) is 13.0. The van der Waals surface area contributed by atoms with Crippen LogP contribution in [0, 0.1) is 0 Å². The number of carbonyl (C=O) groups excluding carboxylic acids is 2. The number of anilines is 1. The first-order valence-corrected chi connectivity index (χ1v) is 6.80. The van der Waals surface area contributed by atoms with E-state index in [1.54, 1.807) is 45.0 Å². The van der Waals surface area contributed by atoms with E-state index in [1.165, 1.54) is 0 Å². The van der Waals surface area contributed by atoms with Gasteiger partial charge < -0.3 is 14.8 Å². The lowest BCUT2D eigenvalue weighted by Gasteiger charge is -2.19. The second-order valence-electron chi connectivity index (χ2n) is 5.20. The molecule has 0 aliphatic carbocycles. The van der Waals surface area contributed by atoms with Crippen molar-refractivity contribution >= 4 is 29.5 Å². The van der Waals surface area contributed by atoms with Gasteiger partial charge in [-0.05, 0) is 45.0 Å². The van der Waals surface area contributed by atoms with Crippen molar-refractivity contribution in [2.24, 2.45) is 0 Å². The highest BCUT2D eigenvalue weighted by molar-refractivity contribution is 6.30. The largest absolute Gasteiger partial charge is 0.447 e. The number of alkyl carbamates (subject to hydrolysis) is 1. The third-order valence-corrected chi connectivity index (χ3v) is 2.35. The standard InChI is InChI=1S/C14H19ClN2O4/c1-14(2,3)21-12(18)16-8-9-20-13(19)17-11-6-4-10(15)5-7-11/h4-7H,8-9H2,1-3H3,(H,16,18)(H,17,19). The molecule has 0 aromatic heterocycles. The Labute approximate surface area is 128 Å². The maximum absolute atomic E-state index is 11.5. The fourth-order valence-electron chi connectivity index (χ4n) is 1.30. The van der Waals surface area contributed by atoms with Crippen LogP contribution in [0.15, 0.2) is 24.3 Å². The lowest BCUT2D eigenvalue weighted by Crippen LogP contribution is -2.34. The summed E-state index contributed by atoms with van der Waals surface area (Å²) in [6, 6.07) is 6.62. The van der Waals surface area contributed by atoms with E-state index in [4.69, 9.17) is 21.1 Å². The molecule has 7 heteroatoms. The highest BCUT2D eigenvalue weighted by Gasteiger charge is 2.15. The van der Waals surface area contributed by atoms with E-state index in [1.807, 2.05) is 0 Å². The summed E-state index contributed by atoms with van der Waals surface area (Å²) in [5, 5.41) is 5.59. The van der Waals surface area contributed by atoms with Gasteiger partial charge in [0, 0.05) is 10.7 Å². The molecule has 0 aliphatic rings. The first kappa shape index (κ1) is 17.1. The van der Waals surface area contributed by atoms with Crippen LogP contribution < -0.4 is 10.6 Å². The molecular weight excluding hydrogens is 296 g/mol. The van der Waals surface area contributed by atoms with Crippen molar-refractivity contribution in [1.29, 1.82) is 0 Å². The Kier molecular flexibility index (Phi) is 6.30. The SMILES string of the molecule is CC(C)(C)OC(=O)NCCOC(=O)Nc1ccc(Cl)cc1. The summed E-state index contributed by atoms with van der Waals surface area (Å²) in [4.78, 5) is 22.8. The Morgan fingerprint density at radius 3 is 2.33 bits per heavy atom. The normalized spacial score (nSPS) is 10.7. The molecule has 6 nitrogen and oxygen atoms in total. The highest BCUT2D eigenvalue weighted by Crippen LogP contribution is 2.13. The minimum Gasteiger partial charge on any atom is -0.447 e. The molecule has 1 rings (SSSR count). The number of halogens is 1. The predicted molar refractivity (Wildman–Crippen MR) is 80.7 cm³/mol. The van der Waals surface area contributed by atoms with Gasteiger partial charge in [-0.1, -0.05) is 11.6 Å². The van der Waals surface area contributed by atoms with Gasteiger partial charge >= 0.3 is 12.2 Å². The van der Waals surface area contributed by atoms with Gasteiger partial charge in [-0.25, -0.2) is 9.59 Å². The molecule has 0 atom stereocenters. The zero-order chi connectivity index (χ0) is 15.9. The Morgan fingerprint density at radius 1 is 1.14 bits per heavy atom. The van der Waals surface area contributed by atoms with Crippen LogP contribution in [0.4, 0.5) is 15.3 Å². The maximum Gasteiger partial charge on any atom is 0.411 e.